The van der Waals surface area contributed by atoms with Crippen LogP contribution in [0.4, 0.5) is 0 Å². The lowest BCUT2D eigenvalue weighted by Crippen LogP contribution is -2.39. The number of carbonyl (C=O) groups is 1. The highest BCUT2D eigenvalue weighted by Crippen LogP contribution is 2.42. The van der Waals surface area contributed by atoms with Gasteiger partial charge in [0.05, 0.1) is 12.3 Å². The Labute approximate surface area is 148 Å². The van der Waals surface area contributed by atoms with E-state index < -0.39 is 0 Å². The van der Waals surface area contributed by atoms with Crippen molar-refractivity contribution in [2.45, 2.75) is 33.0 Å². The van der Waals surface area contributed by atoms with Gasteiger partial charge in [0.15, 0.2) is 0 Å². The van der Waals surface area contributed by atoms with E-state index >= 15 is 0 Å². The van der Waals surface area contributed by atoms with Gasteiger partial charge in [-0.3, -0.25) is 4.84 Å². The second-order valence-corrected chi connectivity index (χ2v) is 6.88. The molecule has 130 valence electrons. The fourth-order valence-electron chi connectivity index (χ4n) is 3.20. The van der Waals surface area contributed by atoms with Crippen LogP contribution in [-0.2, 0) is 22.8 Å². The predicted molar refractivity (Wildman–Crippen MR) is 99.0 cm³/mol. The molecule has 0 spiro atoms. The van der Waals surface area contributed by atoms with Crippen LogP contribution in [0.1, 0.15) is 30.5 Å². The molecule has 0 saturated heterocycles. The molecule has 1 atom stereocenters. The first kappa shape index (κ1) is 17.4. The van der Waals surface area contributed by atoms with Crippen LogP contribution in [0, 0.1) is 5.41 Å². The maximum Gasteiger partial charge on any atom is 0.145 e. The Balaban J connectivity index is 1.94. The van der Waals surface area contributed by atoms with Crippen LogP contribution in [-0.4, -0.2) is 17.4 Å². The summed E-state index contributed by atoms with van der Waals surface area (Å²) in [7, 11) is 0. The van der Waals surface area contributed by atoms with Crippen molar-refractivity contribution in [3.05, 3.63) is 77.4 Å². The van der Waals surface area contributed by atoms with Crippen LogP contribution >= 0.6 is 0 Å². The van der Waals surface area contributed by atoms with Gasteiger partial charge in [0.25, 0.3) is 0 Å². The van der Waals surface area contributed by atoms with Crippen molar-refractivity contribution in [3.63, 3.8) is 0 Å². The SMILES string of the molecule is CC1(C)C=C(c2ccccc2CN)N(OCc2ccccc2)C1C=O. The van der Waals surface area contributed by atoms with Gasteiger partial charge in [-0.2, -0.15) is 0 Å². The average molecular weight is 336 g/mol. The molecule has 25 heavy (non-hydrogen) atoms. The molecule has 0 radical (unpaired) electrons. The van der Waals surface area contributed by atoms with E-state index in [-0.39, 0.29) is 11.5 Å². The zero-order chi connectivity index (χ0) is 17.9. The molecule has 0 amide bonds. The van der Waals surface area contributed by atoms with Gasteiger partial charge in [-0.05, 0) is 17.2 Å². The normalized spacial score (nSPS) is 18.9. The van der Waals surface area contributed by atoms with E-state index in [2.05, 4.69) is 6.08 Å². The number of hydrogen-bond acceptors (Lipinski definition) is 4. The summed E-state index contributed by atoms with van der Waals surface area (Å²) in [4.78, 5) is 17.9. The minimum Gasteiger partial charge on any atom is -0.326 e. The first-order valence-electron chi connectivity index (χ1n) is 8.49. The number of hydroxylamine groups is 2. The van der Waals surface area contributed by atoms with Crippen LogP contribution in [0.2, 0.25) is 0 Å². The fourth-order valence-corrected chi connectivity index (χ4v) is 3.20. The first-order valence-corrected chi connectivity index (χ1v) is 8.49. The molecule has 1 aliphatic rings. The molecule has 0 bridgehead atoms. The Kier molecular flexibility index (Phi) is 5.02. The Morgan fingerprint density at radius 3 is 2.48 bits per heavy atom. The van der Waals surface area contributed by atoms with E-state index in [4.69, 9.17) is 10.6 Å². The Morgan fingerprint density at radius 2 is 1.80 bits per heavy atom. The molecule has 2 aromatic carbocycles. The maximum absolute atomic E-state index is 11.8. The molecule has 4 heteroatoms. The molecule has 0 aromatic heterocycles. The first-order chi connectivity index (χ1) is 12.1. The third-order valence-electron chi connectivity index (χ3n) is 4.62. The number of carbonyl (C=O) groups excluding carboxylic acids is 1. The molecule has 1 heterocycles. The minimum atomic E-state index is -0.378. The molecule has 2 aromatic rings. The summed E-state index contributed by atoms with van der Waals surface area (Å²) in [6.45, 7) is 4.93. The van der Waals surface area contributed by atoms with E-state index in [9.17, 15) is 4.79 Å². The number of nitrogens with zero attached hydrogens (tertiary/aromatic N) is 1. The van der Waals surface area contributed by atoms with E-state index in [0.717, 1.165) is 28.7 Å². The molecular weight excluding hydrogens is 312 g/mol. The van der Waals surface area contributed by atoms with Crippen molar-refractivity contribution >= 4 is 12.0 Å². The van der Waals surface area contributed by atoms with Gasteiger partial charge < -0.3 is 10.5 Å². The lowest BCUT2D eigenvalue weighted by molar-refractivity contribution is -0.161. The standard InChI is InChI=1S/C21H24N2O2/c1-21(2)12-19(18-11-7-6-10-17(18)13-22)23(20(21)14-24)25-15-16-8-4-3-5-9-16/h3-12,14,20H,13,15,22H2,1-2H3. The molecule has 3 rings (SSSR count). The van der Waals surface area contributed by atoms with Crippen LogP contribution in [0.5, 0.6) is 0 Å². The smallest absolute Gasteiger partial charge is 0.145 e. The highest BCUT2D eigenvalue weighted by atomic mass is 16.7. The average Bonchev–Trinajstić information content (AvgIpc) is 2.90. The largest absolute Gasteiger partial charge is 0.326 e. The second kappa shape index (κ2) is 7.21. The van der Waals surface area contributed by atoms with Crippen molar-refractivity contribution in [3.8, 4) is 0 Å². The molecule has 0 fully saturated rings. The van der Waals surface area contributed by atoms with Gasteiger partial charge in [-0.1, -0.05) is 68.4 Å². The summed E-state index contributed by atoms with van der Waals surface area (Å²) in [6.07, 6.45) is 3.06. The van der Waals surface area contributed by atoms with Gasteiger partial charge >= 0.3 is 0 Å². The van der Waals surface area contributed by atoms with E-state index in [1.165, 1.54) is 0 Å². The number of nitrogens with two attached hydrogens (primary N) is 1. The Bertz CT molecular complexity index is 768. The summed E-state index contributed by atoms with van der Waals surface area (Å²) >= 11 is 0. The van der Waals surface area contributed by atoms with Crippen molar-refractivity contribution in [2.24, 2.45) is 11.1 Å². The summed E-state index contributed by atoms with van der Waals surface area (Å²) in [5.41, 5.74) is 9.59. The molecule has 2 N–H and O–H groups in total. The second-order valence-electron chi connectivity index (χ2n) is 6.88. The van der Waals surface area contributed by atoms with E-state index in [1.54, 1.807) is 5.06 Å². The fraction of sp³-hybridized carbons (Fsp3) is 0.286. The quantitative estimate of drug-likeness (QED) is 0.820. The van der Waals surface area contributed by atoms with Crippen molar-refractivity contribution < 1.29 is 9.63 Å². The molecular formula is C21H24N2O2. The van der Waals surface area contributed by atoms with Crippen LogP contribution < -0.4 is 5.73 Å². The van der Waals surface area contributed by atoms with Crippen molar-refractivity contribution in [2.75, 3.05) is 0 Å². The lowest BCUT2D eigenvalue weighted by Gasteiger charge is -2.31. The maximum atomic E-state index is 11.8. The number of benzene rings is 2. The third-order valence-corrected chi connectivity index (χ3v) is 4.62. The number of aldehydes is 1. The molecule has 0 aliphatic carbocycles. The third kappa shape index (κ3) is 3.50. The van der Waals surface area contributed by atoms with E-state index in [0.29, 0.717) is 13.2 Å². The minimum absolute atomic E-state index is 0.324. The zero-order valence-electron chi connectivity index (χ0n) is 14.7. The zero-order valence-corrected chi connectivity index (χ0v) is 14.7. The Morgan fingerprint density at radius 1 is 1.12 bits per heavy atom. The lowest BCUT2D eigenvalue weighted by atomic mass is 9.87. The highest BCUT2D eigenvalue weighted by Gasteiger charge is 2.42. The Hall–Kier alpha value is -2.43. The summed E-state index contributed by atoms with van der Waals surface area (Å²) in [5.74, 6) is 0. The highest BCUT2D eigenvalue weighted by molar-refractivity contribution is 5.75. The summed E-state index contributed by atoms with van der Waals surface area (Å²) < 4.78 is 0. The monoisotopic (exact) mass is 336 g/mol. The molecule has 1 aliphatic heterocycles. The molecule has 1 unspecified atom stereocenters. The van der Waals surface area contributed by atoms with Gasteiger partial charge in [0.1, 0.15) is 12.3 Å². The van der Waals surface area contributed by atoms with Crippen LogP contribution in [0.3, 0.4) is 0 Å². The molecule has 0 saturated carbocycles. The van der Waals surface area contributed by atoms with Gasteiger partial charge in [-0.15, -0.1) is 0 Å². The summed E-state index contributed by atoms with van der Waals surface area (Å²) in [5, 5.41) is 1.74. The van der Waals surface area contributed by atoms with Crippen molar-refractivity contribution in [1.29, 1.82) is 0 Å². The topological polar surface area (TPSA) is 55.6 Å². The molecule has 4 nitrogen and oxygen atoms in total. The number of hydrogen-bond donors (Lipinski definition) is 1. The van der Waals surface area contributed by atoms with Gasteiger partial charge in [0, 0.05) is 17.5 Å². The van der Waals surface area contributed by atoms with Crippen LogP contribution in [0.15, 0.2) is 60.7 Å². The van der Waals surface area contributed by atoms with Gasteiger partial charge in [-0.25, -0.2) is 5.06 Å². The summed E-state index contributed by atoms with van der Waals surface area (Å²) in [6, 6.07) is 17.5. The predicted octanol–water partition coefficient (Wildman–Crippen LogP) is 3.53. The number of rotatable bonds is 6. The van der Waals surface area contributed by atoms with Crippen molar-refractivity contribution in [1.82, 2.24) is 5.06 Å². The van der Waals surface area contributed by atoms with Crippen LogP contribution in [0.25, 0.3) is 5.70 Å². The van der Waals surface area contributed by atoms with Gasteiger partial charge in [0.2, 0.25) is 0 Å². The van der Waals surface area contributed by atoms with E-state index in [1.807, 2.05) is 68.4 Å².